The number of allylic oxidation sites excluding steroid dienone is 1. The fraction of sp³-hybridized carbons (Fsp3) is 0.318. The Morgan fingerprint density at radius 2 is 1.91 bits per heavy atom. The van der Waals surface area contributed by atoms with Gasteiger partial charge in [-0.25, -0.2) is 4.79 Å². The summed E-state index contributed by atoms with van der Waals surface area (Å²) in [6, 6.07) is 9.07. The molecule has 4 rings (SSSR count). The zero-order chi connectivity index (χ0) is 23.9. The zero-order valence-electron chi connectivity index (χ0n) is 18.2. The minimum atomic E-state index is -4.62. The first kappa shape index (κ1) is 22.6. The molecule has 1 heterocycles. The molecule has 3 aromatic rings. The summed E-state index contributed by atoms with van der Waals surface area (Å²) < 4.78 is 47.8. The summed E-state index contributed by atoms with van der Waals surface area (Å²) in [6.07, 6.45) is -2.75. The van der Waals surface area contributed by atoms with E-state index in [1.54, 1.807) is 19.1 Å². The lowest BCUT2D eigenvalue weighted by Gasteiger charge is -2.19. The minimum absolute atomic E-state index is 0.142. The third-order valence-electron chi connectivity index (χ3n) is 5.67. The highest BCUT2D eigenvalue weighted by atomic mass is 19.4. The van der Waals surface area contributed by atoms with Crippen molar-refractivity contribution in [3.8, 4) is 11.4 Å². The molecule has 0 amide bonds. The van der Waals surface area contributed by atoms with E-state index >= 15 is 0 Å². The molecule has 0 bridgehead atoms. The van der Waals surface area contributed by atoms with E-state index in [1.165, 1.54) is 26.3 Å². The highest BCUT2D eigenvalue weighted by Gasteiger charge is 2.35. The largest absolute Gasteiger partial charge is 0.496 e. The van der Waals surface area contributed by atoms with Crippen LogP contribution in [0.1, 0.15) is 47.9 Å². The first-order valence-corrected chi connectivity index (χ1v) is 10.1. The van der Waals surface area contributed by atoms with Gasteiger partial charge in [0.15, 0.2) is 5.76 Å². The second kappa shape index (κ2) is 8.39. The molecule has 11 heteroatoms. The zero-order valence-corrected chi connectivity index (χ0v) is 18.2. The molecule has 1 aromatic heterocycles. The average Bonchev–Trinajstić information content (AvgIpc) is 3.59. The Morgan fingerprint density at radius 3 is 2.45 bits per heavy atom. The van der Waals surface area contributed by atoms with Crippen molar-refractivity contribution >= 4 is 11.3 Å². The van der Waals surface area contributed by atoms with E-state index in [0.717, 1.165) is 33.8 Å². The normalized spacial score (nSPS) is 14.8. The molecule has 0 unspecified atom stereocenters. The van der Waals surface area contributed by atoms with Crippen molar-refractivity contribution < 1.29 is 22.7 Å². The highest BCUT2D eigenvalue weighted by molar-refractivity contribution is 5.90. The van der Waals surface area contributed by atoms with Gasteiger partial charge in [-0.05, 0) is 65.4 Å². The lowest BCUT2D eigenvalue weighted by atomic mass is 9.94. The Labute approximate surface area is 187 Å². The number of ether oxygens (including phenoxy) is 1. The van der Waals surface area contributed by atoms with Crippen LogP contribution in [0.25, 0.3) is 17.0 Å². The van der Waals surface area contributed by atoms with Crippen LogP contribution in [0.4, 0.5) is 13.2 Å². The van der Waals surface area contributed by atoms with Crippen LogP contribution in [0.5, 0.6) is 5.75 Å². The van der Waals surface area contributed by atoms with E-state index in [9.17, 15) is 18.0 Å². The van der Waals surface area contributed by atoms with E-state index in [2.05, 4.69) is 10.4 Å². The Bertz CT molecular complexity index is 1290. The summed E-state index contributed by atoms with van der Waals surface area (Å²) in [7, 11) is 2.64. The van der Waals surface area contributed by atoms with Crippen LogP contribution in [-0.2, 0) is 18.1 Å². The molecule has 1 aliphatic carbocycles. The van der Waals surface area contributed by atoms with Gasteiger partial charge in [0.1, 0.15) is 5.75 Å². The van der Waals surface area contributed by atoms with Crippen molar-refractivity contribution in [1.29, 1.82) is 0 Å². The third-order valence-corrected chi connectivity index (χ3v) is 5.67. The minimum Gasteiger partial charge on any atom is -0.496 e. The first-order chi connectivity index (χ1) is 15.7. The summed E-state index contributed by atoms with van der Waals surface area (Å²) in [5, 5.41) is 7.68. The molecule has 174 valence electrons. The van der Waals surface area contributed by atoms with Crippen LogP contribution in [-0.4, -0.2) is 26.9 Å². The van der Waals surface area contributed by atoms with Gasteiger partial charge in [0.25, 0.3) is 0 Å². The van der Waals surface area contributed by atoms with Crippen molar-refractivity contribution in [2.75, 3.05) is 7.11 Å². The molecule has 0 saturated heterocycles. The van der Waals surface area contributed by atoms with Gasteiger partial charge in [-0.2, -0.15) is 28.4 Å². The molecule has 1 fully saturated rings. The van der Waals surface area contributed by atoms with Crippen LogP contribution < -0.4 is 16.3 Å². The van der Waals surface area contributed by atoms with Crippen molar-refractivity contribution in [3.05, 3.63) is 69.1 Å². The fourth-order valence-electron chi connectivity index (χ4n) is 3.81. The Morgan fingerprint density at radius 1 is 1.18 bits per heavy atom. The first-order valence-electron chi connectivity index (χ1n) is 10.1. The monoisotopic (exact) mass is 461 g/mol. The number of rotatable bonds is 6. The number of halogens is 3. The maximum Gasteiger partial charge on any atom is 0.419 e. The number of tetrazole rings is 1. The molecule has 8 nitrogen and oxygen atoms in total. The van der Waals surface area contributed by atoms with Crippen LogP contribution in [0.2, 0.25) is 0 Å². The number of nitrogens with two attached hydrogens (primary N) is 1. The third kappa shape index (κ3) is 4.11. The second-order valence-electron chi connectivity index (χ2n) is 7.80. The molecular weight excluding hydrogens is 439 g/mol. The summed E-state index contributed by atoms with van der Waals surface area (Å²) >= 11 is 0. The Balaban J connectivity index is 1.98. The van der Waals surface area contributed by atoms with Gasteiger partial charge in [-0.3, -0.25) is 0 Å². The maximum atomic E-state index is 13.6. The molecular formula is C22H22F3N5O3. The van der Waals surface area contributed by atoms with Crippen LogP contribution in [0.15, 0.2) is 41.2 Å². The maximum absolute atomic E-state index is 13.6. The van der Waals surface area contributed by atoms with Gasteiger partial charge in [0, 0.05) is 18.2 Å². The number of hydrogen-bond donors (Lipinski definition) is 1. The SMILES string of the molecule is COc1ccc(/C(C)=C(/ON)c2c(C3CC3)cccc2-n2nnn(C)c2=O)cc1C(F)(F)F. The predicted molar refractivity (Wildman–Crippen MR) is 114 cm³/mol. The van der Waals surface area contributed by atoms with Crippen molar-refractivity contribution in [3.63, 3.8) is 0 Å². The van der Waals surface area contributed by atoms with E-state index < -0.39 is 17.4 Å². The van der Waals surface area contributed by atoms with Crippen molar-refractivity contribution in [2.24, 2.45) is 12.9 Å². The van der Waals surface area contributed by atoms with Crippen molar-refractivity contribution in [1.82, 2.24) is 19.8 Å². The Kier molecular flexibility index (Phi) is 5.75. The molecule has 1 saturated carbocycles. The summed E-state index contributed by atoms with van der Waals surface area (Å²) in [6.45, 7) is 1.61. The molecule has 2 N–H and O–H groups in total. The van der Waals surface area contributed by atoms with Gasteiger partial charge in [0.2, 0.25) is 0 Å². The smallest absolute Gasteiger partial charge is 0.419 e. The predicted octanol–water partition coefficient (Wildman–Crippen LogP) is 3.65. The molecule has 1 aliphatic rings. The molecule has 0 atom stereocenters. The molecule has 2 aromatic carbocycles. The van der Waals surface area contributed by atoms with Gasteiger partial charge >= 0.3 is 11.9 Å². The fourth-order valence-corrected chi connectivity index (χ4v) is 3.81. The quantitative estimate of drug-likeness (QED) is 0.342. The number of nitrogens with zero attached hydrogens (tertiary/aromatic N) is 4. The molecule has 0 spiro atoms. The van der Waals surface area contributed by atoms with Gasteiger partial charge in [-0.15, -0.1) is 0 Å². The molecule has 33 heavy (non-hydrogen) atoms. The van der Waals surface area contributed by atoms with Gasteiger partial charge < -0.3 is 9.57 Å². The van der Waals surface area contributed by atoms with Crippen molar-refractivity contribution in [2.45, 2.75) is 31.9 Å². The van der Waals surface area contributed by atoms with E-state index in [1.807, 2.05) is 6.07 Å². The number of aryl methyl sites for hydroxylation is 1. The summed E-state index contributed by atoms with van der Waals surface area (Å²) in [5.74, 6) is 5.73. The van der Waals surface area contributed by atoms with Gasteiger partial charge in [-0.1, -0.05) is 18.2 Å². The number of benzene rings is 2. The molecule has 0 radical (unpaired) electrons. The highest BCUT2D eigenvalue weighted by Crippen LogP contribution is 2.46. The summed E-state index contributed by atoms with van der Waals surface area (Å²) in [5.41, 5.74) is 0.938. The van der Waals surface area contributed by atoms with E-state index in [0.29, 0.717) is 16.8 Å². The number of aromatic nitrogens is 4. The lowest BCUT2D eigenvalue weighted by molar-refractivity contribution is -0.138. The second-order valence-corrected chi connectivity index (χ2v) is 7.80. The van der Waals surface area contributed by atoms with E-state index in [4.69, 9.17) is 15.5 Å². The van der Waals surface area contributed by atoms with E-state index in [-0.39, 0.29) is 23.0 Å². The summed E-state index contributed by atoms with van der Waals surface area (Å²) in [4.78, 5) is 17.8. The number of hydrogen-bond acceptors (Lipinski definition) is 6. The topological polar surface area (TPSA) is 97.2 Å². The number of alkyl halides is 3. The van der Waals surface area contributed by atoms with Crippen LogP contribution >= 0.6 is 0 Å². The number of methoxy groups -OCH3 is 1. The average molecular weight is 461 g/mol. The van der Waals surface area contributed by atoms with Gasteiger partial charge in [0.05, 0.1) is 18.4 Å². The standard InChI is InChI=1S/C22H22F3N5O3/c1-12(14-9-10-18(32-3)16(11-14)22(23,24)25)20(33-26)19-15(13-7-8-13)5-4-6-17(19)30-21(31)29(2)27-28-30/h4-6,9-11,13H,7-8,26H2,1-3H3/b20-12+. The lowest BCUT2D eigenvalue weighted by Crippen LogP contribution is -2.23. The van der Waals surface area contributed by atoms with Crippen LogP contribution in [0, 0.1) is 0 Å². The molecule has 0 aliphatic heterocycles. The van der Waals surface area contributed by atoms with Crippen LogP contribution in [0.3, 0.4) is 0 Å². The Hall–Kier alpha value is -3.60.